The van der Waals surface area contributed by atoms with Gasteiger partial charge in [-0.25, -0.2) is 0 Å². The number of benzene rings is 2. The quantitative estimate of drug-likeness (QED) is 0.643. The lowest BCUT2D eigenvalue weighted by Crippen LogP contribution is -2.31. The van der Waals surface area contributed by atoms with Crippen molar-refractivity contribution in [3.8, 4) is 0 Å². The van der Waals surface area contributed by atoms with Crippen LogP contribution in [0, 0.1) is 0 Å². The molecule has 2 aliphatic rings. The van der Waals surface area contributed by atoms with Crippen molar-refractivity contribution in [1.29, 1.82) is 0 Å². The first-order chi connectivity index (χ1) is 13.0. The number of aromatic amines is 1. The molecular formula is C21H15BrN2O3. The predicted octanol–water partition coefficient (Wildman–Crippen LogP) is 4.01. The van der Waals surface area contributed by atoms with Crippen molar-refractivity contribution in [1.82, 2.24) is 4.98 Å². The van der Waals surface area contributed by atoms with Crippen LogP contribution >= 0.6 is 15.9 Å². The summed E-state index contributed by atoms with van der Waals surface area (Å²) in [5.41, 5.74) is 3.20. The van der Waals surface area contributed by atoms with Crippen LogP contribution in [0.2, 0.25) is 0 Å². The molecule has 1 aromatic heterocycles. The molecule has 1 atom stereocenters. The van der Waals surface area contributed by atoms with Gasteiger partial charge in [-0.3, -0.25) is 14.4 Å². The number of fused-ring (bicyclic) bond motifs is 1. The molecule has 1 N–H and O–H groups in total. The first kappa shape index (κ1) is 16.4. The van der Waals surface area contributed by atoms with Crippen LogP contribution in [0.4, 0.5) is 5.69 Å². The molecule has 2 aromatic carbocycles. The Morgan fingerprint density at radius 1 is 1.15 bits per heavy atom. The molecule has 0 bridgehead atoms. The molecule has 0 fully saturated rings. The van der Waals surface area contributed by atoms with Gasteiger partial charge in [0.15, 0.2) is 5.78 Å². The number of nitrogens with one attached hydrogen (secondary N) is 1. The number of nitrogens with zero attached hydrogens (tertiary/aromatic N) is 1. The molecule has 1 aliphatic heterocycles. The van der Waals surface area contributed by atoms with Gasteiger partial charge < -0.3 is 9.88 Å². The van der Waals surface area contributed by atoms with Crippen LogP contribution in [-0.4, -0.2) is 23.2 Å². The number of anilines is 1. The Balaban J connectivity index is 1.68. The van der Waals surface area contributed by atoms with Crippen LogP contribution in [0.1, 0.15) is 45.0 Å². The minimum Gasteiger partial charge on any atom is -0.322 e. The SMILES string of the molecule is O=C1CCC2CN(C(=O)c3cc(=O)[nH]c4ccc(Br)cc34)c3cccc1c32. The van der Waals surface area contributed by atoms with E-state index in [4.69, 9.17) is 0 Å². The Bertz CT molecular complexity index is 1200. The molecule has 2 heterocycles. The van der Waals surface area contributed by atoms with Crippen molar-refractivity contribution in [2.75, 3.05) is 11.4 Å². The number of hydrogen-bond donors (Lipinski definition) is 1. The summed E-state index contributed by atoms with van der Waals surface area (Å²) in [6.45, 7) is 0.542. The summed E-state index contributed by atoms with van der Waals surface area (Å²) in [6, 6.07) is 12.4. The smallest absolute Gasteiger partial charge is 0.259 e. The van der Waals surface area contributed by atoms with Gasteiger partial charge >= 0.3 is 0 Å². The van der Waals surface area contributed by atoms with Gasteiger partial charge in [0.05, 0.1) is 5.56 Å². The number of pyridine rings is 1. The van der Waals surface area contributed by atoms with E-state index in [1.165, 1.54) is 6.07 Å². The minimum absolute atomic E-state index is 0.142. The molecular weight excluding hydrogens is 408 g/mol. The molecule has 1 unspecified atom stereocenters. The number of rotatable bonds is 1. The Morgan fingerprint density at radius 2 is 2.00 bits per heavy atom. The highest BCUT2D eigenvalue weighted by Crippen LogP contribution is 2.45. The normalized spacial score (nSPS) is 18.0. The fraction of sp³-hybridized carbons (Fsp3) is 0.190. The predicted molar refractivity (Wildman–Crippen MR) is 107 cm³/mol. The summed E-state index contributed by atoms with van der Waals surface area (Å²) in [5.74, 6) is 0.111. The lowest BCUT2D eigenvalue weighted by atomic mass is 9.83. The number of carbonyl (C=O) groups excluding carboxylic acids is 2. The largest absolute Gasteiger partial charge is 0.322 e. The zero-order chi connectivity index (χ0) is 18.7. The van der Waals surface area contributed by atoms with Gasteiger partial charge in [0.1, 0.15) is 0 Å². The summed E-state index contributed by atoms with van der Waals surface area (Å²) in [6.07, 6.45) is 1.28. The number of halogens is 1. The van der Waals surface area contributed by atoms with Crippen molar-refractivity contribution in [3.63, 3.8) is 0 Å². The minimum atomic E-state index is -0.308. The van der Waals surface area contributed by atoms with E-state index in [0.717, 1.165) is 27.7 Å². The van der Waals surface area contributed by atoms with E-state index in [2.05, 4.69) is 20.9 Å². The standard InChI is InChI=1S/C21H15BrN2O3/c22-12-5-6-16-14(8-12)15(9-19(26)23-16)21(27)24-10-11-4-7-18(25)13-2-1-3-17(24)20(11)13/h1-3,5-6,8-9,11H,4,7,10H2,(H,23,26). The topological polar surface area (TPSA) is 70.2 Å². The van der Waals surface area contributed by atoms with Gasteiger partial charge in [-0.1, -0.05) is 28.1 Å². The van der Waals surface area contributed by atoms with Crippen LogP contribution in [-0.2, 0) is 0 Å². The highest BCUT2D eigenvalue weighted by molar-refractivity contribution is 9.10. The van der Waals surface area contributed by atoms with Crippen molar-refractivity contribution >= 4 is 44.2 Å². The fourth-order valence-electron chi connectivity index (χ4n) is 4.29. The van der Waals surface area contributed by atoms with E-state index in [-0.39, 0.29) is 23.2 Å². The molecule has 0 saturated heterocycles. The summed E-state index contributed by atoms with van der Waals surface area (Å²) in [5, 5.41) is 0.695. The third-order valence-corrected chi connectivity index (χ3v) is 5.98. The summed E-state index contributed by atoms with van der Waals surface area (Å²) in [7, 11) is 0. The first-order valence-corrected chi connectivity index (χ1v) is 9.63. The highest BCUT2D eigenvalue weighted by Gasteiger charge is 2.38. The van der Waals surface area contributed by atoms with Gasteiger partial charge in [-0.2, -0.15) is 0 Å². The number of Topliss-reactive ketones (excluding diaryl/α,β-unsaturated/α-hetero) is 1. The zero-order valence-electron chi connectivity index (χ0n) is 14.3. The molecule has 1 aliphatic carbocycles. The lowest BCUT2D eigenvalue weighted by molar-refractivity contribution is 0.0968. The number of amides is 1. The van der Waals surface area contributed by atoms with Crippen molar-refractivity contribution in [2.45, 2.75) is 18.8 Å². The maximum absolute atomic E-state index is 13.4. The van der Waals surface area contributed by atoms with E-state index >= 15 is 0 Å². The Labute approximate surface area is 163 Å². The first-order valence-electron chi connectivity index (χ1n) is 8.83. The monoisotopic (exact) mass is 422 g/mol. The van der Waals surface area contributed by atoms with Gasteiger partial charge in [0.25, 0.3) is 5.91 Å². The van der Waals surface area contributed by atoms with E-state index in [1.807, 2.05) is 30.3 Å². The molecule has 5 rings (SSSR count). The van der Waals surface area contributed by atoms with Crippen LogP contribution in [0.3, 0.4) is 0 Å². The van der Waals surface area contributed by atoms with Crippen LogP contribution < -0.4 is 10.5 Å². The number of ketones is 1. The van der Waals surface area contributed by atoms with Crippen LogP contribution in [0.25, 0.3) is 10.9 Å². The van der Waals surface area contributed by atoms with Crippen molar-refractivity contribution in [3.05, 3.63) is 74.0 Å². The van der Waals surface area contributed by atoms with Gasteiger partial charge in [0, 0.05) is 51.6 Å². The zero-order valence-corrected chi connectivity index (χ0v) is 15.9. The lowest BCUT2D eigenvalue weighted by Gasteiger charge is -2.19. The number of hydrogen-bond acceptors (Lipinski definition) is 3. The van der Waals surface area contributed by atoms with E-state index in [1.54, 1.807) is 11.0 Å². The molecule has 134 valence electrons. The molecule has 0 spiro atoms. The molecule has 27 heavy (non-hydrogen) atoms. The molecule has 5 nitrogen and oxygen atoms in total. The second-order valence-electron chi connectivity index (χ2n) is 7.05. The van der Waals surface area contributed by atoms with Crippen LogP contribution in [0.5, 0.6) is 0 Å². The van der Waals surface area contributed by atoms with Crippen molar-refractivity contribution in [2.24, 2.45) is 0 Å². The second-order valence-corrected chi connectivity index (χ2v) is 7.97. The molecule has 0 saturated carbocycles. The third-order valence-electron chi connectivity index (χ3n) is 5.49. The molecule has 3 aromatic rings. The fourth-order valence-corrected chi connectivity index (χ4v) is 4.65. The average molecular weight is 423 g/mol. The summed E-state index contributed by atoms with van der Waals surface area (Å²) in [4.78, 5) is 42.3. The number of carbonyl (C=O) groups is 2. The third kappa shape index (κ3) is 2.47. The molecule has 1 amide bonds. The van der Waals surface area contributed by atoms with E-state index < -0.39 is 0 Å². The maximum Gasteiger partial charge on any atom is 0.259 e. The van der Waals surface area contributed by atoms with Crippen LogP contribution in [0.15, 0.2) is 51.7 Å². The number of H-pyrrole nitrogens is 1. The molecule has 6 heteroatoms. The Hall–Kier alpha value is -2.73. The van der Waals surface area contributed by atoms with Gasteiger partial charge in [0.2, 0.25) is 5.56 Å². The van der Waals surface area contributed by atoms with E-state index in [9.17, 15) is 14.4 Å². The number of aromatic nitrogens is 1. The second kappa shape index (κ2) is 5.89. The maximum atomic E-state index is 13.4. The Morgan fingerprint density at radius 3 is 2.85 bits per heavy atom. The van der Waals surface area contributed by atoms with Gasteiger partial charge in [-0.15, -0.1) is 0 Å². The average Bonchev–Trinajstić information content (AvgIpc) is 3.04. The highest BCUT2D eigenvalue weighted by atomic mass is 79.9. The summed E-state index contributed by atoms with van der Waals surface area (Å²) < 4.78 is 0.835. The van der Waals surface area contributed by atoms with Gasteiger partial charge in [-0.05, 0) is 36.2 Å². The molecule has 0 radical (unpaired) electrons. The summed E-state index contributed by atoms with van der Waals surface area (Å²) >= 11 is 3.43. The Kier molecular flexibility index (Phi) is 3.59. The van der Waals surface area contributed by atoms with Crippen molar-refractivity contribution < 1.29 is 9.59 Å². The van der Waals surface area contributed by atoms with E-state index in [0.29, 0.717) is 29.4 Å².